The molecule has 0 radical (unpaired) electrons. The maximum absolute atomic E-state index is 11.8. The van der Waals surface area contributed by atoms with Gasteiger partial charge in [0.25, 0.3) is 0 Å². The molecule has 6 heteroatoms. The van der Waals surface area contributed by atoms with Crippen LogP contribution in [0, 0.1) is 0 Å². The van der Waals surface area contributed by atoms with Crippen LogP contribution < -0.4 is 15.4 Å². The Balaban J connectivity index is 1.89. The number of nitrogens with one attached hydrogen (secondary N) is 2. The van der Waals surface area contributed by atoms with Gasteiger partial charge in [-0.15, -0.1) is 0 Å². The van der Waals surface area contributed by atoms with Crippen LogP contribution in [-0.2, 0) is 6.54 Å². The number of halogens is 2. The third kappa shape index (κ3) is 3.93. The summed E-state index contributed by atoms with van der Waals surface area (Å²) in [7, 11) is 1.53. The molecule has 4 nitrogen and oxygen atoms in total. The van der Waals surface area contributed by atoms with E-state index < -0.39 is 0 Å². The molecule has 0 unspecified atom stereocenters. The minimum Gasteiger partial charge on any atom is -0.495 e. The molecule has 1 aliphatic rings. The summed E-state index contributed by atoms with van der Waals surface area (Å²) in [6.45, 7) is 0.334. The number of carbonyl (C=O) groups is 1. The van der Waals surface area contributed by atoms with E-state index in [1.807, 2.05) is 0 Å². The smallest absolute Gasteiger partial charge is 0.315 e. The molecule has 1 fully saturated rings. The number of ether oxygens (including phenoxy) is 1. The maximum atomic E-state index is 11.8. The largest absolute Gasteiger partial charge is 0.495 e. The summed E-state index contributed by atoms with van der Waals surface area (Å²) in [4.78, 5) is 11.8. The van der Waals surface area contributed by atoms with E-state index in [0.29, 0.717) is 28.4 Å². The average molecular weight is 317 g/mol. The van der Waals surface area contributed by atoms with Crippen molar-refractivity contribution in [2.45, 2.75) is 38.3 Å². The molecule has 0 saturated heterocycles. The van der Waals surface area contributed by atoms with Crippen LogP contribution in [0.1, 0.15) is 31.2 Å². The number of carbonyl (C=O) groups excluding carboxylic acids is 1. The number of urea groups is 1. The van der Waals surface area contributed by atoms with E-state index in [0.717, 1.165) is 18.4 Å². The molecule has 2 amide bonds. The van der Waals surface area contributed by atoms with Gasteiger partial charge in [0.2, 0.25) is 0 Å². The highest BCUT2D eigenvalue weighted by atomic mass is 35.5. The highest BCUT2D eigenvalue weighted by molar-refractivity contribution is 6.34. The lowest BCUT2D eigenvalue weighted by atomic mass is 10.2. The third-order valence-corrected chi connectivity index (χ3v) is 4.10. The van der Waals surface area contributed by atoms with Crippen LogP contribution in [-0.4, -0.2) is 19.2 Å². The molecular formula is C14H18Cl2N2O2. The summed E-state index contributed by atoms with van der Waals surface area (Å²) in [5.74, 6) is 0.524. The maximum Gasteiger partial charge on any atom is 0.315 e. The molecule has 1 aromatic carbocycles. The zero-order valence-electron chi connectivity index (χ0n) is 11.3. The van der Waals surface area contributed by atoms with Crippen LogP contribution in [0.15, 0.2) is 12.1 Å². The summed E-state index contributed by atoms with van der Waals surface area (Å²) < 4.78 is 5.08. The minimum atomic E-state index is -0.167. The SMILES string of the molecule is COc1cc(Cl)c(CNC(=O)NC2CCCC2)cc1Cl. The monoisotopic (exact) mass is 316 g/mol. The summed E-state index contributed by atoms with van der Waals surface area (Å²) in [6.07, 6.45) is 4.49. The van der Waals surface area contributed by atoms with Crippen LogP contribution in [0.4, 0.5) is 4.79 Å². The fraction of sp³-hybridized carbons (Fsp3) is 0.500. The average Bonchev–Trinajstić information content (AvgIpc) is 2.92. The molecule has 1 aliphatic carbocycles. The minimum absolute atomic E-state index is 0.167. The molecule has 1 saturated carbocycles. The highest BCUT2D eigenvalue weighted by Gasteiger charge is 2.17. The normalized spacial score (nSPS) is 15.2. The fourth-order valence-corrected chi connectivity index (χ4v) is 2.83. The van der Waals surface area contributed by atoms with Crippen LogP contribution in [0.25, 0.3) is 0 Å². The van der Waals surface area contributed by atoms with Gasteiger partial charge in [-0.3, -0.25) is 0 Å². The Morgan fingerprint density at radius 3 is 2.65 bits per heavy atom. The van der Waals surface area contributed by atoms with E-state index in [1.54, 1.807) is 12.1 Å². The molecule has 2 rings (SSSR count). The molecule has 0 aromatic heterocycles. The molecule has 0 atom stereocenters. The first-order chi connectivity index (χ1) is 9.60. The lowest BCUT2D eigenvalue weighted by molar-refractivity contribution is 0.236. The lowest BCUT2D eigenvalue weighted by Crippen LogP contribution is -2.40. The van der Waals surface area contributed by atoms with Crippen molar-refractivity contribution >= 4 is 29.2 Å². The van der Waals surface area contributed by atoms with E-state index in [-0.39, 0.29) is 6.03 Å². The zero-order chi connectivity index (χ0) is 14.5. The predicted molar refractivity (Wildman–Crippen MR) is 80.6 cm³/mol. The van der Waals surface area contributed by atoms with Gasteiger partial charge in [-0.1, -0.05) is 36.0 Å². The molecule has 1 aromatic rings. The Morgan fingerprint density at radius 1 is 1.30 bits per heavy atom. The third-order valence-electron chi connectivity index (χ3n) is 3.45. The Labute approximate surface area is 128 Å². The van der Waals surface area contributed by atoms with Gasteiger partial charge in [0.15, 0.2) is 0 Å². The van der Waals surface area contributed by atoms with Gasteiger partial charge in [-0.25, -0.2) is 4.79 Å². The summed E-state index contributed by atoms with van der Waals surface area (Å²) in [5, 5.41) is 6.75. The van der Waals surface area contributed by atoms with Crippen molar-refractivity contribution in [3.63, 3.8) is 0 Å². The first kappa shape index (κ1) is 15.3. The molecular weight excluding hydrogens is 299 g/mol. The second-order valence-electron chi connectivity index (χ2n) is 4.89. The van der Waals surface area contributed by atoms with E-state index in [1.165, 1.54) is 20.0 Å². The Hall–Kier alpha value is -1.13. The van der Waals surface area contributed by atoms with Gasteiger partial charge in [0, 0.05) is 23.7 Å². The van der Waals surface area contributed by atoms with Crippen LogP contribution in [0.5, 0.6) is 5.75 Å². The lowest BCUT2D eigenvalue weighted by Gasteiger charge is -2.14. The summed E-state index contributed by atoms with van der Waals surface area (Å²) in [5.41, 5.74) is 0.763. The predicted octanol–water partition coefficient (Wildman–Crippen LogP) is 3.74. The van der Waals surface area contributed by atoms with Crippen molar-refractivity contribution in [2.24, 2.45) is 0 Å². The number of rotatable bonds is 4. The summed E-state index contributed by atoms with van der Waals surface area (Å²) >= 11 is 12.2. The second-order valence-corrected chi connectivity index (χ2v) is 5.70. The molecule has 2 N–H and O–H groups in total. The van der Waals surface area contributed by atoms with E-state index in [4.69, 9.17) is 27.9 Å². The first-order valence-electron chi connectivity index (χ1n) is 6.66. The molecule has 110 valence electrons. The highest BCUT2D eigenvalue weighted by Crippen LogP contribution is 2.30. The van der Waals surface area contributed by atoms with Gasteiger partial charge in [-0.2, -0.15) is 0 Å². The van der Waals surface area contributed by atoms with Crippen molar-refractivity contribution in [3.05, 3.63) is 27.7 Å². The van der Waals surface area contributed by atoms with Gasteiger partial charge in [0.1, 0.15) is 5.75 Å². The van der Waals surface area contributed by atoms with E-state index >= 15 is 0 Å². The van der Waals surface area contributed by atoms with Crippen molar-refractivity contribution in [1.29, 1.82) is 0 Å². The molecule has 0 bridgehead atoms. The Kier molecular flexibility index (Phi) is 5.38. The summed E-state index contributed by atoms with van der Waals surface area (Å²) in [6, 6.07) is 3.48. The zero-order valence-corrected chi connectivity index (χ0v) is 12.9. The van der Waals surface area contributed by atoms with Gasteiger partial charge < -0.3 is 15.4 Å². The topological polar surface area (TPSA) is 50.4 Å². The molecule has 0 aliphatic heterocycles. The van der Waals surface area contributed by atoms with E-state index in [9.17, 15) is 4.79 Å². The quantitative estimate of drug-likeness (QED) is 0.889. The van der Waals surface area contributed by atoms with Crippen molar-refractivity contribution in [3.8, 4) is 5.75 Å². The van der Waals surface area contributed by atoms with Crippen LogP contribution in [0.3, 0.4) is 0 Å². The number of amides is 2. The second kappa shape index (κ2) is 7.04. The molecule has 20 heavy (non-hydrogen) atoms. The van der Waals surface area contributed by atoms with Crippen molar-refractivity contribution in [2.75, 3.05) is 7.11 Å². The fourth-order valence-electron chi connectivity index (χ4n) is 2.34. The van der Waals surface area contributed by atoms with Gasteiger partial charge in [-0.05, 0) is 24.5 Å². The Bertz CT molecular complexity index is 488. The number of hydrogen-bond donors (Lipinski definition) is 2. The van der Waals surface area contributed by atoms with Crippen LogP contribution >= 0.6 is 23.2 Å². The molecule has 0 heterocycles. The van der Waals surface area contributed by atoms with Gasteiger partial charge >= 0.3 is 6.03 Å². The number of benzene rings is 1. The van der Waals surface area contributed by atoms with Crippen molar-refractivity contribution in [1.82, 2.24) is 10.6 Å². The first-order valence-corrected chi connectivity index (χ1v) is 7.42. The Morgan fingerprint density at radius 2 is 2.00 bits per heavy atom. The number of methoxy groups -OCH3 is 1. The van der Waals surface area contributed by atoms with Crippen LogP contribution in [0.2, 0.25) is 10.0 Å². The van der Waals surface area contributed by atoms with Gasteiger partial charge in [0.05, 0.1) is 12.1 Å². The van der Waals surface area contributed by atoms with Crippen molar-refractivity contribution < 1.29 is 9.53 Å². The van der Waals surface area contributed by atoms with E-state index in [2.05, 4.69) is 10.6 Å². The molecule has 0 spiro atoms. The standard InChI is InChI=1S/C14H18Cl2N2O2/c1-20-13-7-11(15)9(6-12(13)16)8-17-14(19)18-10-4-2-3-5-10/h6-7,10H,2-5,8H2,1H3,(H2,17,18,19). The number of hydrogen-bond acceptors (Lipinski definition) is 2.